The third-order valence-corrected chi connectivity index (χ3v) is 4.37. The zero-order chi connectivity index (χ0) is 16.9. The molecule has 1 fully saturated rings. The maximum atomic E-state index is 12.4. The number of aryl methyl sites for hydroxylation is 1. The molecule has 0 radical (unpaired) electrons. The Labute approximate surface area is 143 Å². The molecule has 2 amide bonds. The fourth-order valence-corrected chi connectivity index (χ4v) is 2.99. The van der Waals surface area contributed by atoms with Crippen molar-refractivity contribution in [1.29, 1.82) is 0 Å². The lowest BCUT2D eigenvalue weighted by Crippen LogP contribution is -2.47. The summed E-state index contributed by atoms with van der Waals surface area (Å²) in [6.45, 7) is 4.56. The van der Waals surface area contributed by atoms with E-state index in [0.29, 0.717) is 23.8 Å². The van der Waals surface area contributed by atoms with Crippen LogP contribution in [0.2, 0.25) is 0 Å². The number of carbonyl (C=O) groups is 2. The quantitative estimate of drug-likeness (QED) is 0.889. The number of ether oxygens (including phenoxy) is 1. The minimum absolute atomic E-state index is 0.242. The summed E-state index contributed by atoms with van der Waals surface area (Å²) in [4.78, 5) is 31.4. The summed E-state index contributed by atoms with van der Waals surface area (Å²) in [5.74, 6) is -0.111. The van der Waals surface area contributed by atoms with Gasteiger partial charge in [-0.3, -0.25) is 10.1 Å². The number of nitrogens with zero attached hydrogens (tertiary/aromatic N) is 2. The maximum absolute atomic E-state index is 12.4. The Morgan fingerprint density at radius 2 is 2.04 bits per heavy atom. The van der Waals surface area contributed by atoms with Crippen molar-refractivity contribution in [3.63, 3.8) is 0 Å². The van der Waals surface area contributed by atoms with Crippen molar-refractivity contribution in [2.45, 2.75) is 6.92 Å². The second-order valence-electron chi connectivity index (χ2n) is 5.33. The average Bonchev–Trinajstić information content (AvgIpc) is 3.01. The first-order valence-electron chi connectivity index (χ1n) is 7.64. The van der Waals surface area contributed by atoms with E-state index in [-0.39, 0.29) is 11.7 Å². The monoisotopic (exact) mass is 346 g/mol. The largest absolute Gasteiger partial charge is 0.415 e. The van der Waals surface area contributed by atoms with E-state index in [0.717, 1.165) is 18.0 Å². The molecule has 2 heterocycles. The van der Waals surface area contributed by atoms with Crippen LogP contribution in [0.25, 0.3) is 0 Å². The second kappa shape index (κ2) is 7.41. The summed E-state index contributed by atoms with van der Waals surface area (Å²) in [5, 5.41) is 6.41. The Bertz CT molecular complexity index is 740. The number of thiazole rings is 1. The van der Waals surface area contributed by atoms with E-state index < -0.39 is 6.09 Å². The first kappa shape index (κ1) is 16.4. The molecule has 2 aromatic rings. The summed E-state index contributed by atoms with van der Waals surface area (Å²) >= 11 is 1.39. The Morgan fingerprint density at radius 3 is 2.75 bits per heavy atom. The molecule has 3 rings (SSSR count). The van der Waals surface area contributed by atoms with Crippen molar-refractivity contribution in [3.8, 4) is 5.75 Å². The predicted molar refractivity (Wildman–Crippen MR) is 91.7 cm³/mol. The molecule has 1 aromatic carbocycles. The molecule has 8 heteroatoms. The second-order valence-corrected chi connectivity index (χ2v) is 6.57. The number of amides is 2. The summed E-state index contributed by atoms with van der Waals surface area (Å²) < 4.78 is 5.43. The van der Waals surface area contributed by atoms with Crippen LogP contribution in [0.15, 0.2) is 30.5 Å². The number of piperazine rings is 1. The Hall–Kier alpha value is -2.45. The van der Waals surface area contributed by atoms with Crippen molar-refractivity contribution in [1.82, 2.24) is 15.2 Å². The van der Waals surface area contributed by atoms with Gasteiger partial charge in [0.15, 0.2) is 5.13 Å². The van der Waals surface area contributed by atoms with Crippen LogP contribution < -0.4 is 15.4 Å². The van der Waals surface area contributed by atoms with Crippen LogP contribution in [-0.2, 0) is 0 Å². The number of aromatic nitrogens is 1. The Kier molecular flexibility index (Phi) is 5.07. The zero-order valence-corrected chi connectivity index (χ0v) is 14.1. The minimum atomic E-state index is -0.443. The molecule has 0 spiro atoms. The van der Waals surface area contributed by atoms with E-state index >= 15 is 0 Å². The molecule has 0 aliphatic carbocycles. The van der Waals surface area contributed by atoms with Crippen molar-refractivity contribution in [2.24, 2.45) is 0 Å². The third-order valence-electron chi connectivity index (χ3n) is 3.55. The van der Waals surface area contributed by atoms with Gasteiger partial charge in [-0.15, -0.1) is 11.3 Å². The topological polar surface area (TPSA) is 83.6 Å². The van der Waals surface area contributed by atoms with Gasteiger partial charge in [-0.2, -0.15) is 0 Å². The van der Waals surface area contributed by atoms with Gasteiger partial charge in [-0.25, -0.2) is 9.78 Å². The molecule has 1 aliphatic rings. The molecule has 1 aliphatic heterocycles. The average molecular weight is 346 g/mol. The standard InChI is InChI=1S/C16H18N4O3S/c1-11-10-18-15(24-11)19-14(21)12-4-2-3-5-13(12)23-16(22)20-8-6-17-7-9-20/h2-5,10,17H,6-9H2,1H3,(H,18,19,21). The highest BCUT2D eigenvalue weighted by molar-refractivity contribution is 7.15. The Morgan fingerprint density at radius 1 is 1.29 bits per heavy atom. The van der Waals surface area contributed by atoms with E-state index in [1.165, 1.54) is 11.3 Å². The number of benzene rings is 1. The van der Waals surface area contributed by atoms with Gasteiger partial charge in [-0.1, -0.05) is 12.1 Å². The van der Waals surface area contributed by atoms with Crippen molar-refractivity contribution < 1.29 is 14.3 Å². The van der Waals surface area contributed by atoms with Gasteiger partial charge >= 0.3 is 6.09 Å². The smallest absolute Gasteiger partial charge is 0.409 e. The van der Waals surface area contributed by atoms with Crippen molar-refractivity contribution >= 4 is 28.5 Å². The maximum Gasteiger partial charge on any atom is 0.415 e. The fraction of sp³-hybridized carbons (Fsp3) is 0.312. The third kappa shape index (κ3) is 3.90. The van der Waals surface area contributed by atoms with Crippen LogP contribution in [0.4, 0.5) is 9.93 Å². The van der Waals surface area contributed by atoms with E-state index in [1.54, 1.807) is 35.4 Å². The Balaban J connectivity index is 1.72. The van der Waals surface area contributed by atoms with E-state index in [4.69, 9.17) is 4.74 Å². The first-order chi connectivity index (χ1) is 11.6. The summed E-state index contributed by atoms with van der Waals surface area (Å²) in [6, 6.07) is 6.69. The number of rotatable bonds is 3. The molecule has 24 heavy (non-hydrogen) atoms. The van der Waals surface area contributed by atoms with Crippen LogP contribution in [0.1, 0.15) is 15.2 Å². The van der Waals surface area contributed by atoms with Gasteiger partial charge in [-0.05, 0) is 19.1 Å². The van der Waals surface area contributed by atoms with Crippen LogP contribution in [0, 0.1) is 6.92 Å². The van der Waals surface area contributed by atoms with Crippen LogP contribution in [-0.4, -0.2) is 48.1 Å². The molecule has 0 bridgehead atoms. The fourth-order valence-electron chi connectivity index (χ4n) is 2.33. The normalized spacial score (nSPS) is 14.3. The highest BCUT2D eigenvalue weighted by Crippen LogP contribution is 2.22. The van der Waals surface area contributed by atoms with Gasteiger partial charge in [0.05, 0.1) is 5.56 Å². The number of nitrogens with one attached hydrogen (secondary N) is 2. The van der Waals surface area contributed by atoms with Gasteiger partial charge in [0.25, 0.3) is 5.91 Å². The van der Waals surface area contributed by atoms with E-state index in [2.05, 4.69) is 15.6 Å². The van der Waals surface area contributed by atoms with Crippen LogP contribution >= 0.6 is 11.3 Å². The molecule has 1 saturated heterocycles. The van der Waals surface area contributed by atoms with E-state index in [1.807, 2.05) is 6.92 Å². The van der Waals surface area contributed by atoms with Crippen molar-refractivity contribution in [3.05, 3.63) is 40.9 Å². The number of carbonyl (C=O) groups excluding carboxylic acids is 2. The molecule has 0 atom stereocenters. The number of anilines is 1. The molecule has 126 valence electrons. The predicted octanol–water partition coefficient (Wildman–Crippen LogP) is 2.11. The molecule has 2 N–H and O–H groups in total. The van der Waals surface area contributed by atoms with Gasteiger partial charge in [0.2, 0.25) is 0 Å². The number of para-hydroxylation sites is 1. The first-order valence-corrected chi connectivity index (χ1v) is 8.45. The summed E-state index contributed by atoms with van der Waals surface area (Å²) in [7, 11) is 0. The minimum Gasteiger partial charge on any atom is -0.409 e. The summed E-state index contributed by atoms with van der Waals surface area (Å²) in [6.07, 6.45) is 1.25. The van der Waals surface area contributed by atoms with E-state index in [9.17, 15) is 9.59 Å². The van der Waals surface area contributed by atoms with Gasteiger partial charge < -0.3 is 15.0 Å². The lowest BCUT2D eigenvalue weighted by Gasteiger charge is -2.26. The lowest BCUT2D eigenvalue weighted by molar-refractivity contribution is 0.102. The zero-order valence-electron chi connectivity index (χ0n) is 13.2. The molecule has 7 nitrogen and oxygen atoms in total. The molecular formula is C16H18N4O3S. The summed E-state index contributed by atoms with van der Waals surface area (Å²) in [5.41, 5.74) is 0.300. The highest BCUT2D eigenvalue weighted by atomic mass is 32.1. The SMILES string of the molecule is Cc1cnc(NC(=O)c2ccccc2OC(=O)N2CCNCC2)s1. The highest BCUT2D eigenvalue weighted by Gasteiger charge is 2.21. The lowest BCUT2D eigenvalue weighted by atomic mass is 10.2. The molecular weight excluding hydrogens is 328 g/mol. The van der Waals surface area contributed by atoms with Gasteiger partial charge in [0.1, 0.15) is 5.75 Å². The van der Waals surface area contributed by atoms with Crippen molar-refractivity contribution in [2.75, 3.05) is 31.5 Å². The van der Waals surface area contributed by atoms with Crippen LogP contribution in [0.3, 0.4) is 0 Å². The van der Waals surface area contributed by atoms with Gasteiger partial charge in [0, 0.05) is 37.3 Å². The number of hydrogen-bond donors (Lipinski definition) is 2. The molecule has 1 aromatic heterocycles. The molecule has 0 unspecified atom stereocenters. The number of hydrogen-bond acceptors (Lipinski definition) is 6. The molecule has 0 saturated carbocycles. The van der Waals surface area contributed by atoms with Crippen LogP contribution in [0.5, 0.6) is 5.75 Å².